The van der Waals surface area contributed by atoms with Gasteiger partial charge in [0.1, 0.15) is 8.63 Å². The largest absolute Gasteiger partial charge is 0.495 e. The number of ether oxygens (including phenoxy) is 1. The van der Waals surface area contributed by atoms with Gasteiger partial charge in [-0.25, -0.2) is 0 Å². The van der Waals surface area contributed by atoms with Crippen molar-refractivity contribution in [1.29, 1.82) is 0 Å². The van der Waals surface area contributed by atoms with E-state index in [1.807, 2.05) is 11.3 Å². The maximum Gasteiger partial charge on any atom is 0.143 e. The lowest BCUT2D eigenvalue weighted by molar-refractivity contribution is 0.413. The van der Waals surface area contributed by atoms with Crippen molar-refractivity contribution in [2.75, 3.05) is 7.11 Å². The van der Waals surface area contributed by atoms with Crippen LogP contribution in [0.1, 0.15) is 25.6 Å². The van der Waals surface area contributed by atoms with Crippen LogP contribution in [0, 0.1) is 2.88 Å². The van der Waals surface area contributed by atoms with Crippen molar-refractivity contribution in [3.05, 3.63) is 13.8 Å². The molecule has 0 atom stereocenters. The van der Waals surface area contributed by atoms with Crippen LogP contribution in [-0.2, 0) is 5.41 Å². The third kappa shape index (κ3) is 2.13. The molecule has 0 spiro atoms. The monoisotopic (exact) mass is 296 g/mol. The summed E-state index contributed by atoms with van der Waals surface area (Å²) in [7, 11) is 1.72. The van der Waals surface area contributed by atoms with Crippen molar-refractivity contribution < 1.29 is 4.74 Å². The maximum absolute atomic E-state index is 5.22. The van der Waals surface area contributed by atoms with Crippen molar-refractivity contribution >= 4 is 33.9 Å². The van der Waals surface area contributed by atoms with Gasteiger partial charge in [-0.15, -0.1) is 11.3 Å². The van der Waals surface area contributed by atoms with Crippen LogP contribution in [0.2, 0.25) is 0 Å². The molecular formula is C9H13IOS. The maximum atomic E-state index is 5.22. The normalized spacial score (nSPS) is 11.8. The summed E-state index contributed by atoms with van der Waals surface area (Å²) >= 11 is 4.12. The van der Waals surface area contributed by atoms with Crippen molar-refractivity contribution in [3.8, 4) is 5.75 Å². The Labute approximate surface area is 91.3 Å². The highest BCUT2D eigenvalue weighted by Crippen LogP contribution is 2.37. The second-order valence-corrected chi connectivity index (χ2v) is 6.57. The Bertz CT molecular complexity index is 273. The molecule has 1 heterocycles. The van der Waals surface area contributed by atoms with Crippen LogP contribution in [0.15, 0.2) is 6.07 Å². The van der Waals surface area contributed by atoms with Gasteiger partial charge in [-0.3, -0.25) is 0 Å². The first kappa shape index (κ1) is 10.3. The summed E-state index contributed by atoms with van der Waals surface area (Å²) in [6, 6.07) is 2.13. The van der Waals surface area contributed by atoms with E-state index >= 15 is 0 Å². The van der Waals surface area contributed by atoms with E-state index in [0.717, 1.165) is 5.75 Å². The average Bonchev–Trinajstić information content (AvgIpc) is 2.29. The van der Waals surface area contributed by atoms with Gasteiger partial charge in [0.2, 0.25) is 0 Å². The fourth-order valence-corrected chi connectivity index (χ4v) is 2.86. The highest BCUT2D eigenvalue weighted by atomic mass is 127. The third-order valence-electron chi connectivity index (χ3n) is 1.61. The first-order chi connectivity index (χ1) is 5.45. The third-order valence-corrected chi connectivity index (χ3v) is 4.14. The first-order valence-electron chi connectivity index (χ1n) is 3.79. The molecule has 0 saturated heterocycles. The van der Waals surface area contributed by atoms with E-state index in [-0.39, 0.29) is 5.41 Å². The minimum absolute atomic E-state index is 0.237. The minimum atomic E-state index is 0.237. The average molecular weight is 296 g/mol. The van der Waals surface area contributed by atoms with Gasteiger partial charge in [0.05, 0.1) is 7.11 Å². The summed E-state index contributed by atoms with van der Waals surface area (Å²) in [6.07, 6.45) is 0. The van der Waals surface area contributed by atoms with E-state index in [9.17, 15) is 0 Å². The number of hydrogen-bond donors (Lipinski definition) is 0. The molecule has 0 aliphatic rings. The molecule has 0 amide bonds. The molecule has 68 valence electrons. The fourth-order valence-electron chi connectivity index (χ4n) is 0.861. The van der Waals surface area contributed by atoms with Gasteiger partial charge in [-0.05, 0) is 34.1 Å². The Morgan fingerprint density at radius 1 is 1.42 bits per heavy atom. The lowest BCUT2D eigenvalue weighted by atomic mass is 9.95. The van der Waals surface area contributed by atoms with E-state index in [4.69, 9.17) is 4.74 Å². The van der Waals surface area contributed by atoms with Gasteiger partial charge in [0.15, 0.2) is 0 Å². The molecule has 0 aliphatic carbocycles. The smallest absolute Gasteiger partial charge is 0.143 e. The number of methoxy groups -OCH3 is 1. The molecule has 1 rings (SSSR count). The standard InChI is InChI=1S/C9H13IOS/c1-9(2,3)7-5-6(11-4)8(10)12-7/h5H,1-4H3. The number of hydrogen-bond acceptors (Lipinski definition) is 2. The summed E-state index contributed by atoms with van der Waals surface area (Å²) in [5.41, 5.74) is 0.237. The van der Waals surface area contributed by atoms with Crippen LogP contribution >= 0.6 is 33.9 Å². The molecule has 0 bridgehead atoms. The lowest BCUT2D eigenvalue weighted by Crippen LogP contribution is -2.07. The zero-order valence-corrected chi connectivity index (χ0v) is 10.7. The molecule has 0 fully saturated rings. The lowest BCUT2D eigenvalue weighted by Gasteiger charge is -2.14. The van der Waals surface area contributed by atoms with Crippen LogP contribution in [0.25, 0.3) is 0 Å². The molecule has 1 aromatic heterocycles. The molecule has 1 nitrogen and oxygen atoms in total. The van der Waals surface area contributed by atoms with Crippen molar-refractivity contribution in [1.82, 2.24) is 0 Å². The predicted molar refractivity (Wildman–Crippen MR) is 62.3 cm³/mol. The number of halogens is 1. The van der Waals surface area contributed by atoms with Gasteiger partial charge >= 0.3 is 0 Å². The van der Waals surface area contributed by atoms with Crippen molar-refractivity contribution in [2.24, 2.45) is 0 Å². The Morgan fingerprint density at radius 3 is 2.25 bits per heavy atom. The molecule has 0 N–H and O–H groups in total. The molecule has 12 heavy (non-hydrogen) atoms. The zero-order valence-electron chi connectivity index (χ0n) is 7.77. The first-order valence-corrected chi connectivity index (χ1v) is 5.68. The van der Waals surface area contributed by atoms with E-state index in [0.29, 0.717) is 0 Å². The second kappa shape index (κ2) is 3.54. The number of rotatable bonds is 1. The van der Waals surface area contributed by atoms with Crippen molar-refractivity contribution in [2.45, 2.75) is 26.2 Å². The summed E-state index contributed by atoms with van der Waals surface area (Å²) in [5.74, 6) is 1.01. The molecule has 0 radical (unpaired) electrons. The Balaban J connectivity index is 3.05. The Hall–Kier alpha value is 0.230. The molecular weight excluding hydrogens is 283 g/mol. The quantitative estimate of drug-likeness (QED) is 0.719. The van der Waals surface area contributed by atoms with Gasteiger partial charge in [-0.1, -0.05) is 20.8 Å². The van der Waals surface area contributed by atoms with Gasteiger partial charge < -0.3 is 4.74 Å². The van der Waals surface area contributed by atoms with Gasteiger partial charge in [-0.2, -0.15) is 0 Å². The van der Waals surface area contributed by atoms with Crippen LogP contribution in [0.5, 0.6) is 5.75 Å². The summed E-state index contributed by atoms with van der Waals surface area (Å²) in [5, 5.41) is 0. The minimum Gasteiger partial charge on any atom is -0.495 e. The van der Waals surface area contributed by atoms with Crippen LogP contribution in [0.4, 0.5) is 0 Å². The van der Waals surface area contributed by atoms with E-state index in [1.54, 1.807) is 7.11 Å². The van der Waals surface area contributed by atoms with Gasteiger partial charge in [0, 0.05) is 4.88 Å². The van der Waals surface area contributed by atoms with Crippen LogP contribution < -0.4 is 4.74 Å². The molecule has 0 saturated carbocycles. The van der Waals surface area contributed by atoms with E-state index in [1.165, 1.54) is 7.76 Å². The predicted octanol–water partition coefficient (Wildman–Crippen LogP) is 3.66. The van der Waals surface area contributed by atoms with Gasteiger partial charge in [0.25, 0.3) is 0 Å². The van der Waals surface area contributed by atoms with Crippen LogP contribution in [-0.4, -0.2) is 7.11 Å². The zero-order chi connectivity index (χ0) is 9.35. The molecule has 0 unspecified atom stereocenters. The van der Waals surface area contributed by atoms with E-state index in [2.05, 4.69) is 49.4 Å². The molecule has 0 aromatic carbocycles. The Kier molecular flexibility index (Phi) is 3.04. The SMILES string of the molecule is COc1cc(C(C)(C)C)sc1I. The summed E-state index contributed by atoms with van der Waals surface area (Å²) in [6.45, 7) is 6.65. The second-order valence-electron chi connectivity index (χ2n) is 3.70. The van der Waals surface area contributed by atoms with Crippen LogP contribution in [0.3, 0.4) is 0 Å². The molecule has 0 aliphatic heterocycles. The highest BCUT2D eigenvalue weighted by molar-refractivity contribution is 14.1. The topological polar surface area (TPSA) is 9.23 Å². The Morgan fingerprint density at radius 2 is 2.00 bits per heavy atom. The summed E-state index contributed by atoms with van der Waals surface area (Å²) < 4.78 is 6.46. The molecule has 1 aromatic rings. The van der Waals surface area contributed by atoms with Crippen molar-refractivity contribution in [3.63, 3.8) is 0 Å². The number of thiophene rings is 1. The summed E-state index contributed by atoms with van der Waals surface area (Å²) in [4.78, 5) is 1.38. The van der Waals surface area contributed by atoms with E-state index < -0.39 is 0 Å². The fraction of sp³-hybridized carbons (Fsp3) is 0.556. The highest BCUT2D eigenvalue weighted by Gasteiger charge is 2.18. The molecule has 3 heteroatoms.